The molecule has 0 spiro atoms. The number of aromatic nitrogens is 3. The number of hydrogen-bond donors (Lipinski definition) is 0. The molecule has 0 saturated heterocycles. The van der Waals surface area contributed by atoms with Crippen LogP contribution in [0.2, 0.25) is 0 Å². The largest absolute Gasteiger partial charge is 0.308 e. The lowest BCUT2D eigenvalue weighted by Gasteiger charge is -2.11. The highest BCUT2D eigenvalue weighted by molar-refractivity contribution is 7.27. The second-order valence-corrected chi connectivity index (χ2v) is 13.0. The zero-order valence-electron chi connectivity index (χ0n) is 22.3. The summed E-state index contributed by atoms with van der Waals surface area (Å²) >= 11 is 3.78. The van der Waals surface area contributed by atoms with Crippen molar-refractivity contribution in [1.82, 2.24) is 14.2 Å². The molecular weight excluding hydrogens is 551 g/mol. The molecule has 0 aliphatic carbocycles. The van der Waals surface area contributed by atoms with Gasteiger partial charge in [-0.2, -0.15) is 5.10 Å². The van der Waals surface area contributed by atoms with Crippen LogP contribution in [0.15, 0.2) is 128 Å². The quantitative estimate of drug-likeness (QED) is 0.202. The summed E-state index contributed by atoms with van der Waals surface area (Å²) in [4.78, 5) is 0. The Morgan fingerprint density at radius 3 is 2.19 bits per heavy atom. The smallest absolute Gasteiger partial charge is 0.0933 e. The van der Waals surface area contributed by atoms with E-state index in [2.05, 4.69) is 126 Å². The number of hydrogen-bond acceptors (Lipinski definition) is 3. The third kappa shape index (κ3) is 3.07. The molecule has 5 aromatic carbocycles. The molecule has 42 heavy (non-hydrogen) atoms. The monoisotopic (exact) mass is 571 g/mol. The van der Waals surface area contributed by atoms with E-state index in [1.807, 2.05) is 33.3 Å². The Hall–Kier alpha value is -4.97. The van der Waals surface area contributed by atoms with Crippen molar-refractivity contribution in [3.05, 3.63) is 128 Å². The van der Waals surface area contributed by atoms with E-state index in [9.17, 15) is 0 Å². The maximum absolute atomic E-state index is 4.85. The van der Waals surface area contributed by atoms with Crippen molar-refractivity contribution in [2.75, 3.05) is 0 Å². The summed E-state index contributed by atoms with van der Waals surface area (Å²) in [7, 11) is 0. The van der Waals surface area contributed by atoms with E-state index in [1.54, 1.807) is 0 Å². The first-order chi connectivity index (χ1) is 20.8. The summed E-state index contributed by atoms with van der Waals surface area (Å²) in [5.74, 6) is 0. The fraction of sp³-hybridized carbons (Fsp3) is 0. The molecule has 10 aromatic rings. The van der Waals surface area contributed by atoms with Crippen LogP contribution < -0.4 is 0 Å². The standard InChI is InChI=1S/C37H21N3S2/c1-4-13-30-26(11-1)31-17-16-23(21-39(31)38-30)22-8-7-9-24(18-22)40-32-19-28-25-10-2-5-14-33(25)41-35(28)20-29(32)37-36(40)27-12-3-6-15-34(27)42-37/h1-21H. The summed E-state index contributed by atoms with van der Waals surface area (Å²) in [6.45, 7) is 0. The Balaban J connectivity index is 1.26. The predicted octanol–water partition coefficient (Wildman–Crippen LogP) is 10.8. The van der Waals surface area contributed by atoms with Gasteiger partial charge in [0.15, 0.2) is 0 Å². The zero-order valence-corrected chi connectivity index (χ0v) is 23.9. The topological polar surface area (TPSA) is 22.2 Å². The molecule has 0 aliphatic heterocycles. The molecular formula is C37H21N3S2. The van der Waals surface area contributed by atoms with Crippen LogP contribution in [0.5, 0.6) is 0 Å². The van der Waals surface area contributed by atoms with Crippen molar-refractivity contribution in [3.8, 4) is 16.8 Å². The first-order valence-electron chi connectivity index (χ1n) is 14.1. The van der Waals surface area contributed by atoms with Crippen molar-refractivity contribution in [3.63, 3.8) is 0 Å². The Labute approximate surface area is 248 Å². The Bertz CT molecular complexity index is 2700. The number of rotatable bonds is 2. The van der Waals surface area contributed by atoms with Gasteiger partial charge in [-0.3, -0.25) is 0 Å². The van der Waals surface area contributed by atoms with Crippen LogP contribution in [0.4, 0.5) is 0 Å². The van der Waals surface area contributed by atoms with Crippen LogP contribution in [0.1, 0.15) is 0 Å². The van der Waals surface area contributed by atoms with Gasteiger partial charge in [0, 0.05) is 58.5 Å². The first kappa shape index (κ1) is 22.7. The average molecular weight is 572 g/mol. The summed E-state index contributed by atoms with van der Waals surface area (Å²) < 4.78 is 9.85. The van der Waals surface area contributed by atoms with Crippen molar-refractivity contribution < 1.29 is 0 Å². The van der Waals surface area contributed by atoms with Crippen molar-refractivity contribution in [2.45, 2.75) is 0 Å². The van der Waals surface area contributed by atoms with Gasteiger partial charge >= 0.3 is 0 Å². The van der Waals surface area contributed by atoms with Gasteiger partial charge in [-0.1, -0.05) is 72.8 Å². The fourth-order valence-corrected chi connectivity index (χ4v) is 8.97. The first-order valence-corrected chi connectivity index (χ1v) is 15.7. The molecule has 5 heteroatoms. The van der Waals surface area contributed by atoms with Gasteiger partial charge in [-0.05, 0) is 54.1 Å². The molecule has 0 saturated carbocycles. The minimum absolute atomic E-state index is 1.02. The molecule has 0 atom stereocenters. The molecule has 0 amide bonds. The van der Waals surface area contributed by atoms with Crippen molar-refractivity contribution in [2.24, 2.45) is 0 Å². The maximum Gasteiger partial charge on any atom is 0.0933 e. The Morgan fingerprint density at radius 1 is 0.500 bits per heavy atom. The average Bonchev–Trinajstić information content (AvgIpc) is 3.78. The third-order valence-electron chi connectivity index (χ3n) is 8.54. The van der Waals surface area contributed by atoms with Gasteiger partial charge in [0.05, 0.1) is 26.8 Å². The van der Waals surface area contributed by atoms with Gasteiger partial charge in [0.1, 0.15) is 0 Å². The van der Waals surface area contributed by atoms with Crippen LogP contribution in [-0.2, 0) is 0 Å². The highest BCUT2D eigenvalue weighted by Crippen LogP contribution is 2.45. The predicted molar refractivity (Wildman–Crippen MR) is 181 cm³/mol. The summed E-state index contributed by atoms with van der Waals surface area (Å²) in [6.07, 6.45) is 2.15. The molecule has 0 unspecified atom stereocenters. The Morgan fingerprint density at radius 2 is 1.29 bits per heavy atom. The van der Waals surface area contributed by atoms with Crippen LogP contribution in [-0.4, -0.2) is 14.2 Å². The highest BCUT2D eigenvalue weighted by Gasteiger charge is 2.20. The molecule has 5 aromatic heterocycles. The lowest BCUT2D eigenvalue weighted by atomic mass is 10.1. The molecule has 0 bridgehead atoms. The molecule has 10 rings (SSSR count). The van der Waals surface area contributed by atoms with E-state index < -0.39 is 0 Å². The molecule has 196 valence electrons. The van der Waals surface area contributed by atoms with Crippen LogP contribution in [0.25, 0.3) is 84.6 Å². The van der Waals surface area contributed by atoms with Gasteiger partial charge in [-0.25, -0.2) is 4.52 Å². The molecule has 0 fully saturated rings. The fourth-order valence-electron chi connectivity index (χ4n) is 6.63. The van der Waals surface area contributed by atoms with E-state index in [1.165, 1.54) is 68.0 Å². The van der Waals surface area contributed by atoms with Crippen molar-refractivity contribution >= 4 is 90.5 Å². The summed E-state index contributed by atoms with van der Waals surface area (Å²) in [5, 5.41) is 11.3. The van der Waals surface area contributed by atoms with Gasteiger partial charge in [0.2, 0.25) is 0 Å². The van der Waals surface area contributed by atoms with Gasteiger partial charge in [-0.15, -0.1) is 22.7 Å². The lowest BCUT2D eigenvalue weighted by molar-refractivity contribution is 0.983. The van der Waals surface area contributed by atoms with E-state index in [-0.39, 0.29) is 0 Å². The molecule has 0 aliphatic rings. The SMILES string of the molecule is c1cc(-c2ccc3c4ccccc4nn3c2)cc(-n2c3cc4c(cc3c3sc5ccccc5c32)sc2ccccc24)c1. The maximum atomic E-state index is 4.85. The van der Waals surface area contributed by atoms with Gasteiger partial charge in [0.25, 0.3) is 0 Å². The molecule has 3 nitrogen and oxygen atoms in total. The Kier molecular flexibility index (Phi) is 4.48. The number of pyridine rings is 1. The van der Waals surface area contributed by atoms with Crippen LogP contribution >= 0.6 is 22.7 Å². The number of nitrogens with zero attached hydrogens (tertiary/aromatic N) is 3. The van der Waals surface area contributed by atoms with Crippen LogP contribution in [0.3, 0.4) is 0 Å². The normalized spacial score (nSPS) is 12.3. The van der Waals surface area contributed by atoms with Crippen molar-refractivity contribution in [1.29, 1.82) is 0 Å². The number of fused-ring (bicyclic) bond motifs is 11. The van der Waals surface area contributed by atoms with E-state index >= 15 is 0 Å². The second kappa shape index (κ2) is 8.29. The summed E-state index contributed by atoms with van der Waals surface area (Å²) in [6, 6.07) is 44.1. The minimum atomic E-state index is 1.02. The van der Waals surface area contributed by atoms with Crippen LogP contribution in [0, 0.1) is 0 Å². The van der Waals surface area contributed by atoms with E-state index in [4.69, 9.17) is 5.10 Å². The van der Waals surface area contributed by atoms with Gasteiger partial charge < -0.3 is 4.57 Å². The second-order valence-electron chi connectivity index (χ2n) is 10.9. The number of benzene rings is 5. The van der Waals surface area contributed by atoms with E-state index in [0.29, 0.717) is 0 Å². The highest BCUT2D eigenvalue weighted by atomic mass is 32.1. The van der Waals surface area contributed by atoms with E-state index in [0.717, 1.165) is 16.6 Å². The lowest BCUT2D eigenvalue weighted by Crippen LogP contribution is -1.95. The zero-order chi connectivity index (χ0) is 27.4. The molecule has 5 heterocycles. The molecule has 0 N–H and O–H groups in total. The summed E-state index contributed by atoms with van der Waals surface area (Å²) in [5.41, 5.74) is 8.17. The number of thiophene rings is 2. The minimum Gasteiger partial charge on any atom is -0.308 e. The third-order valence-corrected chi connectivity index (χ3v) is 10.9. The molecule has 0 radical (unpaired) electrons.